The summed E-state index contributed by atoms with van der Waals surface area (Å²) in [5.41, 5.74) is 2.07. The first kappa shape index (κ1) is 17.3. The molecule has 2 heterocycles. The molecule has 4 rings (SSSR count). The number of thiophene rings is 1. The van der Waals surface area contributed by atoms with Gasteiger partial charge in [0, 0.05) is 23.1 Å². The summed E-state index contributed by atoms with van der Waals surface area (Å²) >= 11 is 7.61. The first-order chi connectivity index (χ1) is 13.0. The van der Waals surface area contributed by atoms with Crippen LogP contribution in [0, 0.1) is 15.9 Å². The van der Waals surface area contributed by atoms with Gasteiger partial charge in [0.25, 0.3) is 5.69 Å². The molecule has 2 aromatic carbocycles. The third kappa shape index (κ3) is 3.32. The highest BCUT2D eigenvalue weighted by Gasteiger charge is 2.15. The Morgan fingerprint density at radius 3 is 2.63 bits per heavy atom. The molecule has 134 valence electrons. The summed E-state index contributed by atoms with van der Waals surface area (Å²) < 4.78 is 13.2. The molecule has 0 atom stereocenters. The highest BCUT2D eigenvalue weighted by atomic mass is 35.5. The minimum Gasteiger partial charge on any atom is -0.338 e. The van der Waals surface area contributed by atoms with Gasteiger partial charge in [-0.25, -0.2) is 14.4 Å². The van der Waals surface area contributed by atoms with Gasteiger partial charge < -0.3 is 5.32 Å². The average Bonchev–Trinajstić information content (AvgIpc) is 3.09. The van der Waals surface area contributed by atoms with E-state index in [0.717, 1.165) is 21.3 Å². The SMILES string of the molecule is O=[N+]([O-])c1ccc(Nc2ncnc3scc(-c4ccc(F)cc4)c23)c(Cl)c1. The van der Waals surface area contributed by atoms with Crippen LogP contribution in [0.5, 0.6) is 0 Å². The van der Waals surface area contributed by atoms with Crippen molar-refractivity contribution in [2.45, 2.75) is 0 Å². The van der Waals surface area contributed by atoms with Gasteiger partial charge in [-0.05, 0) is 23.8 Å². The molecule has 6 nitrogen and oxygen atoms in total. The van der Waals surface area contributed by atoms with Crippen molar-refractivity contribution < 1.29 is 9.31 Å². The lowest BCUT2D eigenvalue weighted by atomic mass is 10.1. The number of non-ortho nitro benzene ring substituents is 1. The van der Waals surface area contributed by atoms with Crippen LogP contribution in [0.25, 0.3) is 21.3 Å². The Kier molecular flexibility index (Phi) is 4.43. The van der Waals surface area contributed by atoms with Crippen LogP contribution in [-0.4, -0.2) is 14.9 Å². The molecule has 0 amide bonds. The smallest absolute Gasteiger partial charge is 0.271 e. The highest BCUT2D eigenvalue weighted by molar-refractivity contribution is 7.17. The second-order valence-corrected chi connectivity index (χ2v) is 6.87. The Hall–Kier alpha value is -3.10. The predicted molar refractivity (Wildman–Crippen MR) is 104 cm³/mol. The van der Waals surface area contributed by atoms with Gasteiger partial charge in [-0.1, -0.05) is 23.7 Å². The van der Waals surface area contributed by atoms with E-state index in [0.29, 0.717) is 11.5 Å². The summed E-state index contributed by atoms with van der Waals surface area (Å²) in [5.74, 6) is 0.196. The van der Waals surface area contributed by atoms with E-state index >= 15 is 0 Å². The average molecular weight is 401 g/mol. The topological polar surface area (TPSA) is 81.0 Å². The molecule has 0 aliphatic rings. The van der Waals surface area contributed by atoms with Gasteiger partial charge >= 0.3 is 0 Å². The van der Waals surface area contributed by atoms with E-state index in [2.05, 4.69) is 15.3 Å². The molecule has 0 fully saturated rings. The van der Waals surface area contributed by atoms with Crippen LogP contribution >= 0.6 is 22.9 Å². The molecule has 0 bridgehead atoms. The van der Waals surface area contributed by atoms with E-state index in [1.54, 1.807) is 12.1 Å². The number of nitrogens with zero attached hydrogens (tertiary/aromatic N) is 3. The van der Waals surface area contributed by atoms with Crippen molar-refractivity contribution in [3.8, 4) is 11.1 Å². The van der Waals surface area contributed by atoms with Crippen molar-refractivity contribution in [2.24, 2.45) is 0 Å². The number of rotatable bonds is 4. The van der Waals surface area contributed by atoms with Gasteiger partial charge in [-0.2, -0.15) is 0 Å². The second-order valence-electron chi connectivity index (χ2n) is 5.60. The molecular weight excluding hydrogens is 391 g/mol. The van der Waals surface area contributed by atoms with Crippen molar-refractivity contribution in [1.82, 2.24) is 9.97 Å². The molecule has 0 saturated carbocycles. The van der Waals surface area contributed by atoms with Crippen molar-refractivity contribution in [3.05, 3.63) is 75.1 Å². The highest BCUT2D eigenvalue weighted by Crippen LogP contribution is 2.38. The number of nitro benzene ring substituents is 1. The van der Waals surface area contributed by atoms with Gasteiger partial charge in [0.15, 0.2) is 0 Å². The first-order valence-corrected chi connectivity index (χ1v) is 8.98. The molecule has 4 aromatic rings. The zero-order valence-corrected chi connectivity index (χ0v) is 15.1. The minimum atomic E-state index is -0.510. The zero-order chi connectivity index (χ0) is 19.0. The van der Waals surface area contributed by atoms with Crippen LogP contribution in [0.2, 0.25) is 5.02 Å². The van der Waals surface area contributed by atoms with Crippen molar-refractivity contribution >= 4 is 50.3 Å². The van der Waals surface area contributed by atoms with Gasteiger partial charge in [0.1, 0.15) is 22.8 Å². The van der Waals surface area contributed by atoms with Crippen LogP contribution < -0.4 is 5.32 Å². The maximum Gasteiger partial charge on any atom is 0.271 e. The fraction of sp³-hybridized carbons (Fsp3) is 0. The van der Waals surface area contributed by atoms with E-state index in [1.165, 1.54) is 48.0 Å². The lowest BCUT2D eigenvalue weighted by Crippen LogP contribution is -1.97. The van der Waals surface area contributed by atoms with Gasteiger partial charge in [0.05, 0.1) is 21.0 Å². The minimum absolute atomic E-state index is 0.0964. The molecule has 0 saturated heterocycles. The van der Waals surface area contributed by atoms with Crippen LogP contribution in [0.3, 0.4) is 0 Å². The summed E-state index contributed by atoms with van der Waals surface area (Å²) in [6.45, 7) is 0. The Balaban J connectivity index is 1.80. The molecule has 0 aliphatic heterocycles. The number of aromatic nitrogens is 2. The number of hydrogen-bond donors (Lipinski definition) is 1. The summed E-state index contributed by atoms with van der Waals surface area (Å²) in [6, 6.07) is 10.3. The van der Waals surface area contributed by atoms with Crippen LogP contribution in [0.4, 0.5) is 21.6 Å². The number of halogens is 2. The van der Waals surface area contributed by atoms with Gasteiger partial charge in [0.2, 0.25) is 0 Å². The van der Waals surface area contributed by atoms with E-state index in [1.807, 2.05) is 5.38 Å². The molecule has 0 unspecified atom stereocenters. The van der Waals surface area contributed by atoms with Crippen molar-refractivity contribution in [3.63, 3.8) is 0 Å². The maximum absolute atomic E-state index is 13.2. The van der Waals surface area contributed by atoms with E-state index in [-0.39, 0.29) is 16.5 Å². The Labute approximate surface area is 161 Å². The zero-order valence-electron chi connectivity index (χ0n) is 13.5. The van der Waals surface area contributed by atoms with Crippen LogP contribution in [0.15, 0.2) is 54.2 Å². The molecule has 2 aromatic heterocycles. The third-order valence-electron chi connectivity index (χ3n) is 3.94. The summed E-state index contributed by atoms with van der Waals surface area (Å²) in [7, 11) is 0. The quantitative estimate of drug-likeness (QED) is 0.345. The standard InChI is InChI=1S/C18H10ClFN4O2S/c19-14-7-12(24(25)26)5-6-15(14)23-17-16-13(8-27-18(16)22-9-21-17)10-1-3-11(20)4-2-10/h1-9H,(H,21,22,23). The Bertz CT molecular complexity index is 1160. The number of anilines is 2. The first-order valence-electron chi connectivity index (χ1n) is 7.72. The molecular formula is C18H10ClFN4O2S. The van der Waals surface area contributed by atoms with E-state index in [9.17, 15) is 14.5 Å². The number of nitrogens with one attached hydrogen (secondary N) is 1. The summed E-state index contributed by atoms with van der Waals surface area (Å²) in [6.07, 6.45) is 1.43. The monoisotopic (exact) mass is 400 g/mol. The third-order valence-corrected chi connectivity index (χ3v) is 5.14. The summed E-state index contributed by atoms with van der Waals surface area (Å²) in [5, 5.41) is 16.9. The molecule has 27 heavy (non-hydrogen) atoms. The van der Waals surface area contributed by atoms with Gasteiger partial charge in [-0.3, -0.25) is 10.1 Å². The molecule has 0 aliphatic carbocycles. The van der Waals surface area contributed by atoms with Crippen molar-refractivity contribution in [2.75, 3.05) is 5.32 Å². The number of hydrogen-bond acceptors (Lipinski definition) is 6. The molecule has 1 N–H and O–H groups in total. The van der Waals surface area contributed by atoms with Crippen LogP contribution in [0.1, 0.15) is 0 Å². The van der Waals surface area contributed by atoms with Gasteiger partial charge in [-0.15, -0.1) is 11.3 Å². The number of fused-ring (bicyclic) bond motifs is 1. The van der Waals surface area contributed by atoms with Crippen molar-refractivity contribution in [1.29, 1.82) is 0 Å². The number of nitro groups is 1. The fourth-order valence-corrected chi connectivity index (χ4v) is 3.80. The predicted octanol–water partition coefficient (Wildman–Crippen LogP) is 5.80. The lowest BCUT2D eigenvalue weighted by Gasteiger charge is -2.10. The largest absolute Gasteiger partial charge is 0.338 e. The number of benzene rings is 2. The lowest BCUT2D eigenvalue weighted by molar-refractivity contribution is -0.384. The van der Waals surface area contributed by atoms with E-state index in [4.69, 9.17) is 11.6 Å². The fourth-order valence-electron chi connectivity index (χ4n) is 2.66. The second kappa shape index (κ2) is 6.90. The molecule has 0 radical (unpaired) electrons. The normalized spacial score (nSPS) is 10.9. The maximum atomic E-state index is 13.2. The van der Waals surface area contributed by atoms with Crippen LogP contribution in [-0.2, 0) is 0 Å². The molecule has 0 spiro atoms. The Morgan fingerprint density at radius 1 is 1.15 bits per heavy atom. The van der Waals surface area contributed by atoms with E-state index < -0.39 is 4.92 Å². The summed E-state index contributed by atoms with van der Waals surface area (Å²) in [4.78, 5) is 19.7. The Morgan fingerprint density at radius 2 is 1.93 bits per heavy atom. The molecule has 9 heteroatoms.